The van der Waals surface area contributed by atoms with Crippen molar-refractivity contribution in [3.05, 3.63) is 160 Å². The molecule has 0 aliphatic rings. The van der Waals surface area contributed by atoms with E-state index >= 15 is 4.39 Å². The van der Waals surface area contributed by atoms with E-state index in [1.807, 2.05) is 91.0 Å². The number of hydrogen-bond donors (Lipinski definition) is 0. The molecule has 6 rings (SSSR count). The van der Waals surface area contributed by atoms with Crippen molar-refractivity contribution >= 4 is 45.5 Å². The van der Waals surface area contributed by atoms with Crippen molar-refractivity contribution in [3.63, 3.8) is 0 Å². The molecule has 0 bridgehead atoms. The van der Waals surface area contributed by atoms with Gasteiger partial charge in [-0.2, -0.15) is 0 Å². The van der Waals surface area contributed by atoms with E-state index in [4.69, 9.17) is 9.84 Å². The zero-order valence-corrected chi connectivity index (χ0v) is 24.0. The summed E-state index contributed by atoms with van der Waals surface area (Å²) < 4.78 is 36.2. The molecule has 0 spiro atoms. The van der Waals surface area contributed by atoms with Crippen molar-refractivity contribution in [1.29, 1.82) is 0 Å². The molecule has 0 saturated carbocycles. The van der Waals surface area contributed by atoms with Gasteiger partial charge in [-0.15, -0.1) is 5.10 Å². The second kappa shape index (κ2) is 11.7. The number of nitrogens with zero attached hydrogens (tertiary/aromatic N) is 2. The molecule has 6 aromatic rings. The van der Waals surface area contributed by atoms with Crippen LogP contribution < -0.4 is 26.8 Å². The number of methoxy groups -OCH3 is 1. The Kier molecular flexibility index (Phi) is 7.66. The third-order valence-electron chi connectivity index (χ3n) is 7.42. The van der Waals surface area contributed by atoms with Gasteiger partial charge in [-0.1, -0.05) is 66.7 Å². The number of ether oxygens (including phenoxy) is 1. The van der Waals surface area contributed by atoms with Gasteiger partial charge in [0, 0.05) is 0 Å². The first kappa shape index (κ1) is 28.1. The number of para-hydroxylation sites is 1. The van der Waals surface area contributed by atoms with Crippen LogP contribution in [0.5, 0.6) is 0 Å². The van der Waals surface area contributed by atoms with E-state index in [1.54, 1.807) is 6.07 Å². The fraction of sp³-hybridized carbons (Fsp3) is 0.0571. The Hall–Kier alpha value is -5.00. The Bertz CT molecular complexity index is 1900. The van der Waals surface area contributed by atoms with Crippen LogP contribution in [0.4, 0.5) is 8.78 Å². The van der Waals surface area contributed by atoms with Gasteiger partial charge in [-0.05, 0) is 66.2 Å². The van der Waals surface area contributed by atoms with Crippen LogP contribution in [-0.2, 0) is 11.3 Å². The van der Waals surface area contributed by atoms with E-state index in [0.717, 1.165) is 15.9 Å². The van der Waals surface area contributed by atoms with Crippen molar-refractivity contribution in [2.24, 2.45) is 0 Å². The Morgan fingerprint density at radius 2 is 1.30 bits per heavy atom. The van der Waals surface area contributed by atoms with Gasteiger partial charge in [0.1, 0.15) is 33.1 Å². The first-order chi connectivity index (χ1) is 20.9. The molecule has 0 aliphatic carbocycles. The van der Waals surface area contributed by atoms with Crippen molar-refractivity contribution in [2.75, 3.05) is 7.11 Å². The molecule has 1 heterocycles. The highest BCUT2D eigenvalue weighted by Gasteiger charge is 2.52. The van der Waals surface area contributed by atoms with Gasteiger partial charge in [0.25, 0.3) is 10.9 Å². The van der Waals surface area contributed by atoms with Gasteiger partial charge < -0.3 is 4.74 Å². The summed E-state index contributed by atoms with van der Waals surface area (Å²) >= 11 is 0. The summed E-state index contributed by atoms with van der Waals surface area (Å²) in [7, 11) is -1.76. The second-order valence-corrected chi connectivity index (χ2v) is 13.2. The van der Waals surface area contributed by atoms with Crippen LogP contribution >= 0.6 is 7.26 Å². The number of rotatable bonds is 7. The topological polar surface area (TPSA) is 61.2 Å². The molecule has 8 heteroatoms. The van der Waals surface area contributed by atoms with Crippen molar-refractivity contribution in [2.45, 2.75) is 6.54 Å². The molecule has 0 N–H and O–H groups in total. The predicted octanol–water partition coefficient (Wildman–Crippen LogP) is 5.13. The minimum absolute atomic E-state index is 0.0208. The van der Waals surface area contributed by atoms with Crippen LogP contribution in [0.2, 0.25) is 0 Å². The second-order valence-electron chi connectivity index (χ2n) is 9.93. The highest BCUT2D eigenvalue weighted by molar-refractivity contribution is 8.01. The lowest BCUT2D eigenvalue weighted by atomic mass is 10.1. The molecule has 5 nitrogen and oxygen atoms in total. The highest BCUT2D eigenvalue weighted by atomic mass is 31.2. The van der Waals surface area contributed by atoms with Crippen molar-refractivity contribution < 1.29 is 18.3 Å². The Morgan fingerprint density at radius 3 is 1.84 bits per heavy atom. The smallest absolute Gasteiger partial charge is 0.340 e. The van der Waals surface area contributed by atoms with E-state index in [2.05, 4.69) is 0 Å². The van der Waals surface area contributed by atoms with Crippen molar-refractivity contribution in [1.82, 2.24) is 9.78 Å². The number of fused-ring (bicyclic) bond motifs is 1. The lowest BCUT2D eigenvalue weighted by Gasteiger charge is -2.26. The SMILES string of the molecule is COC(=O)c1cc(Cn2nc([P+](c3ccccc3)(c3ccccc3)c3ccccc3)c(=O)c3cccc(F)c32)ccc1F. The number of benzene rings is 5. The molecule has 43 heavy (non-hydrogen) atoms. The lowest BCUT2D eigenvalue weighted by molar-refractivity contribution is 0.0595. The maximum atomic E-state index is 15.5. The maximum Gasteiger partial charge on any atom is 0.340 e. The van der Waals surface area contributed by atoms with Crippen LogP contribution in [0, 0.1) is 11.6 Å². The molecular formula is C35H26F2N2O3P+. The summed E-state index contributed by atoms with van der Waals surface area (Å²) in [5.41, 5.74) is 0.171. The number of halogens is 2. The quantitative estimate of drug-likeness (QED) is 0.191. The van der Waals surface area contributed by atoms with E-state index in [-0.39, 0.29) is 33.9 Å². The van der Waals surface area contributed by atoms with Gasteiger partial charge >= 0.3 is 5.97 Å². The summed E-state index contributed by atoms with van der Waals surface area (Å²) in [5, 5.41) is 7.89. The number of esters is 1. The molecule has 5 aromatic carbocycles. The van der Waals surface area contributed by atoms with Crippen LogP contribution in [0.25, 0.3) is 10.9 Å². The zero-order chi connectivity index (χ0) is 30.0. The fourth-order valence-electron chi connectivity index (χ4n) is 5.50. The number of carbonyl (C=O) groups excluding carboxylic acids is 1. The average molecular weight is 592 g/mol. The first-order valence-electron chi connectivity index (χ1n) is 13.6. The summed E-state index contributed by atoms with van der Waals surface area (Å²) in [6.07, 6.45) is 0. The molecule has 1 aromatic heterocycles. The average Bonchev–Trinajstić information content (AvgIpc) is 3.05. The molecule has 0 aliphatic heterocycles. The summed E-state index contributed by atoms with van der Waals surface area (Å²) in [6, 6.07) is 37.8. The minimum atomic E-state index is -2.93. The van der Waals surface area contributed by atoms with Gasteiger partial charge in [-0.3, -0.25) is 9.48 Å². The summed E-state index contributed by atoms with van der Waals surface area (Å²) in [5.74, 6) is -2.18. The zero-order valence-electron chi connectivity index (χ0n) is 23.2. The lowest BCUT2D eigenvalue weighted by Crippen LogP contribution is -2.47. The predicted molar refractivity (Wildman–Crippen MR) is 168 cm³/mol. The number of hydrogen-bond acceptors (Lipinski definition) is 4. The van der Waals surface area contributed by atoms with E-state index in [0.29, 0.717) is 5.56 Å². The number of aromatic nitrogens is 2. The molecule has 212 valence electrons. The Balaban J connectivity index is 1.72. The van der Waals surface area contributed by atoms with Crippen LogP contribution in [0.1, 0.15) is 15.9 Å². The van der Waals surface area contributed by atoms with Gasteiger partial charge in [0.05, 0.1) is 24.6 Å². The van der Waals surface area contributed by atoms with Gasteiger partial charge in [-0.25, -0.2) is 13.6 Å². The molecule has 0 saturated heterocycles. The third-order valence-corrected chi connectivity index (χ3v) is 11.6. The molecule has 0 radical (unpaired) electrons. The van der Waals surface area contributed by atoms with E-state index in [1.165, 1.54) is 42.1 Å². The maximum absolute atomic E-state index is 15.5. The molecule has 0 amide bonds. The first-order valence-corrected chi connectivity index (χ1v) is 15.4. The van der Waals surface area contributed by atoms with Crippen molar-refractivity contribution in [3.8, 4) is 0 Å². The van der Waals surface area contributed by atoms with Gasteiger partial charge in [0.15, 0.2) is 7.26 Å². The summed E-state index contributed by atoms with van der Waals surface area (Å²) in [4.78, 5) is 26.8. The number of carbonyl (C=O) groups is 1. The largest absolute Gasteiger partial charge is 0.465 e. The fourth-order valence-corrected chi connectivity index (χ4v) is 9.66. The third kappa shape index (κ3) is 4.92. The monoisotopic (exact) mass is 591 g/mol. The van der Waals surface area contributed by atoms with Crippen LogP contribution in [-0.4, -0.2) is 22.9 Å². The van der Waals surface area contributed by atoms with E-state index in [9.17, 15) is 14.0 Å². The Morgan fingerprint density at radius 1 is 0.744 bits per heavy atom. The minimum Gasteiger partial charge on any atom is -0.465 e. The standard InChI is InChI=1S/C35H26F2N2O3P/c1-42-35(41)29-22-24(20-21-30(29)36)23-39-32-28(18-11-19-31(32)37)33(40)34(38-39)43(25-12-5-2-6-13-25,26-14-7-3-8-15-26)27-16-9-4-10-17-27/h2-22H,23H2,1H3/q+1. The van der Waals surface area contributed by atoms with Crippen LogP contribution in [0.15, 0.2) is 132 Å². The summed E-state index contributed by atoms with van der Waals surface area (Å²) in [6.45, 7) is -0.0344. The molecule has 0 fully saturated rings. The molecule has 0 atom stereocenters. The highest BCUT2D eigenvalue weighted by Crippen LogP contribution is 2.53. The van der Waals surface area contributed by atoms with E-state index < -0.39 is 24.9 Å². The van der Waals surface area contributed by atoms with Gasteiger partial charge in [0.2, 0.25) is 0 Å². The molecule has 0 unspecified atom stereocenters. The van der Waals surface area contributed by atoms with Crippen LogP contribution in [0.3, 0.4) is 0 Å². The Labute approximate surface area is 247 Å². The molecular weight excluding hydrogens is 565 g/mol. The normalized spacial score (nSPS) is 11.4.